The zero-order chi connectivity index (χ0) is 21.8. The average Bonchev–Trinajstić information content (AvgIpc) is 3.03. The van der Waals surface area contributed by atoms with E-state index in [4.69, 9.17) is 11.6 Å². The van der Waals surface area contributed by atoms with Gasteiger partial charge in [0.05, 0.1) is 39.9 Å². The molecule has 0 unspecified atom stereocenters. The predicted octanol–water partition coefficient (Wildman–Crippen LogP) is 3.42. The number of aromatic nitrogens is 2. The minimum Gasteiger partial charge on any atom is -0.330 e. The smallest absolute Gasteiger partial charge is 0.295 e. The number of aryl methyl sites for hydroxylation is 1. The predicted molar refractivity (Wildman–Crippen MR) is 115 cm³/mol. The van der Waals surface area contributed by atoms with Crippen LogP contribution in [-0.4, -0.2) is 45.9 Å². The Hall–Kier alpha value is -3.45. The molecular weight excluding hydrogens is 404 g/mol. The molecular formula is C22H21ClN4O3. The Balaban J connectivity index is 1.74. The highest BCUT2D eigenvalue weighted by Crippen LogP contribution is 2.21. The fourth-order valence-corrected chi connectivity index (χ4v) is 3.29. The zero-order valence-corrected chi connectivity index (χ0v) is 17.6. The summed E-state index contributed by atoms with van der Waals surface area (Å²) in [5.74, 6) is -1.96. The number of para-hydroxylation sites is 2. The molecule has 0 saturated carbocycles. The third-order valence-electron chi connectivity index (χ3n) is 4.59. The molecule has 2 amide bonds. The van der Waals surface area contributed by atoms with Gasteiger partial charge in [0.15, 0.2) is 0 Å². The molecule has 3 aromatic rings. The number of anilines is 1. The van der Waals surface area contributed by atoms with Crippen molar-refractivity contribution in [3.63, 3.8) is 0 Å². The number of likely N-dealkylation sites (N-methyl/N-ethyl adjacent to an activating group) is 1. The normalized spacial score (nSPS) is 10.5. The maximum Gasteiger partial charge on any atom is 0.295 e. The summed E-state index contributed by atoms with van der Waals surface area (Å²) in [7, 11) is 1.40. The number of amides is 2. The fraction of sp³-hybridized carbons (Fsp3) is 0.182. The number of halogens is 1. The fourth-order valence-electron chi connectivity index (χ4n) is 3.11. The van der Waals surface area contributed by atoms with Crippen molar-refractivity contribution < 1.29 is 14.4 Å². The first-order chi connectivity index (χ1) is 14.3. The summed E-state index contributed by atoms with van der Waals surface area (Å²) in [6.07, 6.45) is 0. The summed E-state index contributed by atoms with van der Waals surface area (Å²) < 4.78 is 1.62. The van der Waals surface area contributed by atoms with Gasteiger partial charge in [-0.1, -0.05) is 41.9 Å². The van der Waals surface area contributed by atoms with Crippen LogP contribution in [0.1, 0.15) is 21.7 Å². The standard InChI is InChI=1S/C22H21ClN4O3/c1-14-20(15(2)27(25-14)16-9-5-4-6-10-16)21(29)22(30)26(3)13-19(28)24-18-12-8-7-11-17(18)23/h4-12H,13H2,1-3H3,(H,24,28). The Morgan fingerprint density at radius 2 is 1.67 bits per heavy atom. The third kappa shape index (κ3) is 4.41. The Morgan fingerprint density at radius 1 is 1.03 bits per heavy atom. The lowest BCUT2D eigenvalue weighted by atomic mass is 10.1. The highest BCUT2D eigenvalue weighted by atomic mass is 35.5. The second kappa shape index (κ2) is 8.92. The van der Waals surface area contributed by atoms with E-state index >= 15 is 0 Å². The van der Waals surface area contributed by atoms with Gasteiger partial charge in [0, 0.05) is 7.05 Å². The van der Waals surface area contributed by atoms with Crippen molar-refractivity contribution in [2.24, 2.45) is 0 Å². The number of benzene rings is 2. The van der Waals surface area contributed by atoms with Crippen LogP contribution in [0.5, 0.6) is 0 Å². The quantitative estimate of drug-likeness (QED) is 0.485. The van der Waals surface area contributed by atoms with E-state index in [1.807, 2.05) is 30.3 Å². The lowest BCUT2D eigenvalue weighted by Gasteiger charge is -2.16. The molecule has 1 aromatic heterocycles. The van der Waals surface area contributed by atoms with Crippen LogP contribution in [0, 0.1) is 13.8 Å². The summed E-state index contributed by atoms with van der Waals surface area (Å²) in [4.78, 5) is 38.9. The number of nitrogens with zero attached hydrogens (tertiary/aromatic N) is 3. The van der Waals surface area contributed by atoms with Crippen molar-refractivity contribution >= 4 is 34.9 Å². The molecule has 0 aliphatic rings. The van der Waals surface area contributed by atoms with Crippen LogP contribution in [0.4, 0.5) is 5.69 Å². The second-order valence-corrected chi connectivity index (χ2v) is 7.22. The van der Waals surface area contributed by atoms with Crippen LogP contribution in [0.3, 0.4) is 0 Å². The number of hydrogen-bond acceptors (Lipinski definition) is 4. The van der Waals surface area contributed by atoms with Gasteiger partial charge < -0.3 is 10.2 Å². The Bertz CT molecular complexity index is 1110. The average molecular weight is 425 g/mol. The topological polar surface area (TPSA) is 84.3 Å². The van der Waals surface area contributed by atoms with E-state index in [2.05, 4.69) is 10.4 Å². The van der Waals surface area contributed by atoms with Crippen LogP contribution in [-0.2, 0) is 9.59 Å². The molecule has 0 atom stereocenters. The van der Waals surface area contributed by atoms with E-state index in [9.17, 15) is 14.4 Å². The number of rotatable bonds is 6. The molecule has 1 heterocycles. The number of Topliss-reactive ketones (excluding diaryl/α,β-unsaturated/α-hetero) is 1. The van der Waals surface area contributed by atoms with Gasteiger partial charge in [-0.15, -0.1) is 0 Å². The van der Waals surface area contributed by atoms with Crippen molar-refractivity contribution in [3.8, 4) is 5.69 Å². The van der Waals surface area contributed by atoms with Crippen LogP contribution in [0.15, 0.2) is 54.6 Å². The van der Waals surface area contributed by atoms with E-state index in [-0.39, 0.29) is 12.1 Å². The van der Waals surface area contributed by atoms with Gasteiger partial charge in [0.1, 0.15) is 0 Å². The first kappa shape index (κ1) is 21.3. The molecule has 2 aromatic carbocycles. The number of ketones is 1. The van der Waals surface area contributed by atoms with Crippen LogP contribution in [0.2, 0.25) is 5.02 Å². The van der Waals surface area contributed by atoms with E-state index < -0.39 is 17.6 Å². The molecule has 3 rings (SSSR count). The zero-order valence-electron chi connectivity index (χ0n) is 16.8. The Labute approximate surface area is 179 Å². The highest BCUT2D eigenvalue weighted by Gasteiger charge is 2.28. The van der Waals surface area contributed by atoms with Crippen LogP contribution < -0.4 is 5.32 Å². The molecule has 1 N–H and O–H groups in total. The second-order valence-electron chi connectivity index (χ2n) is 6.81. The largest absolute Gasteiger partial charge is 0.330 e. The molecule has 154 valence electrons. The van der Waals surface area contributed by atoms with Crippen LogP contribution >= 0.6 is 11.6 Å². The maximum atomic E-state index is 12.9. The lowest BCUT2D eigenvalue weighted by molar-refractivity contribution is -0.129. The number of carbonyl (C=O) groups excluding carboxylic acids is 3. The van der Waals surface area contributed by atoms with Gasteiger partial charge >= 0.3 is 0 Å². The first-order valence-electron chi connectivity index (χ1n) is 9.25. The number of nitrogens with one attached hydrogen (secondary N) is 1. The maximum absolute atomic E-state index is 12.9. The van der Waals surface area contributed by atoms with Crippen molar-refractivity contribution in [1.29, 1.82) is 0 Å². The lowest BCUT2D eigenvalue weighted by Crippen LogP contribution is -2.39. The molecule has 0 saturated heterocycles. The van der Waals surface area contributed by atoms with E-state index in [1.54, 1.807) is 42.8 Å². The SMILES string of the molecule is Cc1nn(-c2ccccc2)c(C)c1C(=O)C(=O)N(C)CC(=O)Nc1ccccc1Cl. The van der Waals surface area contributed by atoms with E-state index in [0.717, 1.165) is 10.6 Å². The molecule has 30 heavy (non-hydrogen) atoms. The number of hydrogen-bond donors (Lipinski definition) is 1. The van der Waals surface area contributed by atoms with Crippen molar-refractivity contribution in [3.05, 3.63) is 76.6 Å². The molecule has 0 aliphatic heterocycles. The van der Waals surface area contributed by atoms with E-state index in [1.165, 1.54) is 7.05 Å². The molecule has 0 spiro atoms. The minimum absolute atomic E-state index is 0.238. The van der Waals surface area contributed by atoms with Crippen molar-refractivity contribution in [1.82, 2.24) is 14.7 Å². The molecule has 7 nitrogen and oxygen atoms in total. The molecule has 0 aliphatic carbocycles. The number of carbonyl (C=O) groups is 3. The molecule has 0 bridgehead atoms. The minimum atomic E-state index is -0.789. The van der Waals surface area contributed by atoms with E-state index in [0.29, 0.717) is 22.1 Å². The highest BCUT2D eigenvalue weighted by molar-refractivity contribution is 6.43. The third-order valence-corrected chi connectivity index (χ3v) is 4.92. The van der Waals surface area contributed by atoms with Gasteiger partial charge in [-0.05, 0) is 38.1 Å². The molecule has 0 fully saturated rings. The summed E-state index contributed by atoms with van der Waals surface area (Å²) in [5.41, 5.74) is 2.47. The van der Waals surface area contributed by atoms with Crippen LogP contribution in [0.25, 0.3) is 5.69 Å². The van der Waals surface area contributed by atoms with Gasteiger partial charge in [0.25, 0.3) is 11.7 Å². The summed E-state index contributed by atoms with van der Waals surface area (Å²) in [6, 6.07) is 16.1. The van der Waals surface area contributed by atoms with Gasteiger partial charge in [-0.2, -0.15) is 5.10 Å². The Kier molecular flexibility index (Phi) is 6.32. The first-order valence-corrected chi connectivity index (χ1v) is 9.63. The van der Waals surface area contributed by atoms with Gasteiger partial charge in [-0.3, -0.25) is 14.4 Å². The molecule has 8 heteroatoms. The van der Waals surface area contributed by atoms with Crippen molar-refractivity contribution in [2.75, 3.05) is 18.9 Å². The van der Waals surface area contributed by atoms with Gasteiger partial charge in [0.2, 0.25) is 5.91 Å². The summed E-state index contributed by atoms with van der Waals surface area (Å²) in [6.45, 7) is 3.12. The summed E-state index contributed by atoms with van der Waals surface area (Å²) in [5, 5.41) is 7.42. The monoisotopic (exact) mass is 424 g/mol. The van der Waals surface area contributed by atoms with Crippen molar-refractivity contribution in [2.45, 2.75) is 13.8 Å². The molecule has 0 radical (unpaired) electrons. The Morgan fingerprint density at radius 3 is 2.33 bits per heavy atom. The van der Waals surface area contributed by atoms with Gasteiger partial charge in [-0.25, -0.2) is 4.68 Å². The summed E-state index contributed by atoms with van der Waals surface area (Å²) >= 11 is 6.03.